The zero-order chi connectivity index (χ0) is 13.8. The van der Waals surface area contributed by atoms with Crippen LogP contribution in [0, 0.1) is 0 Å². The predicted molar refractivity (Wildman–Crippen MR) is 83.1 cm³/mol. The number of rotatable bonds is 7. The maximum Gasteiger partial charge on any atom is 0.0426 e. The second-order valence-electron chi connectivity index (χ2n) is 5.65. The van der Waals surface area contributed by atoms with Crippen molar-refractivity contribution in [2.24, 2.45) is 0 Å². The van der Waals surface area contributed by atoms with Gasteiger partial charge in [-0.15, -0.1) is 0 Å². The summed E-state index contributed by atoms with van der Waals surface area (Å²) in [5.74, 6) is 0. The van der Waals surface area contributed by atoms with E-state index in [2.05, 4.69) is 48.4 Å². The standard InChI is InChI=1S/C15H24ClN3/c1-18(2)8-9-19(3)15-10-13(16)5-4-12(15)11-17-14-6-7-14/h4-5,10,14,17H,6-9,11H2,1-3H3. The maximum atomic E-state index is 6.14. The molecule has 1 aromatic rings. The Kier molecular flexibility index (Phi) is 5.08. The fourth-order valence-corrected chi connectivity index (χ4v) is 2.22. The molecule has 1 N–H and O–H groups in total. The van der Waals surface area contributed by atoms with E-state index in [1.54, 1.807) is 0 Å². The monoisotopic (exact) mass is 281 g/mol. The number of hydrogen-bond acceptors (Lipinski definition) is 3. The highest BCUT2D eigenvalue weighted by Crippen LogP contribution is 2.26. The lowest BCUT2D eigenvalue weighted by molar-refractivity contribution is 0.416. The van der Waals surface area contributed by atoms with Crippen LogP contribution in [0.3, 0.4) is 0 Å². The summed E-state index contributed by atoms with van der Waals surface area (Å²) in [7, 11) is 6.33. The first-order chi connectivity index (χ1) is 9.06. The molecule has 0 spiro atoms. The molecule has 0 saturated heterocycles. The number of likely N-dealkylation sites (N-methyl/N-ethyl adjacent to an activating group) is 2. The Morgan fingerprint density at radius 1 is 1.21 bits per heavy atom. The molecule has 0 unspecified atom stereocenters. The summed E-state index contributed by atoms with van der Waals surface area (Å²) in [6, 6.07) is 6.92. The SMILES string of the molecule is CN(C)CCN(C)c1cc(Cl)ccc1CNC1CC1. The minimum atomic E-state index is 0.732. The fourth-order valence-electron chi connectivity index (χ4n) is 2.05. The lowest BCUT2D eigenvalue weighted by Crippen LogP contribution is -2.29. The van der Waals surface area contributed by atoms with Crippen molar-refractivity contribution >= 4 is 17.3 Å². The van der Waals surface area contributed by atoms with E-state index < -0.39 is 0 Å². The molecule has 4 heteroatoms. The van der Waals surface area contributed by atoms with Crippen molar-refractivity contribution in [3.8, 4) is 0 Å². The number of anilines is 1. The molecule has 0 heterocycles. The van der Waals surface area contributed by atoms with Crippen molar-refractivity contribution in [3.63, 3.8) is 0 Å². The van der Waals surface area contributed by atoms with Crippen LogP contribution in [0.15, 0.2) is 18.2 Å². The average molecular weight is 282 g/mol. The van der Waals surface area contributed by atoms with E-state index in [0.29, 0.717) is 0 Å². The van der Waals surface area contributed by atoms with Crippen molar-refractivity contribution in [2.45, 2.75) is 25.4 Å². The summed E-state index contributed by atoms with van der Waals surface area (Å²) < 4.78 is 0. The van der Waals surface area contributed by atoms with E-state index in [1.807, 2.05) is 6.07 Å². The van der Waals surface area contributed by atoms with Crippen LogP contribution in [0.5, 0.6) is 0 Å². The van der Waals surface area contributed by atoms with Gasteiger partial charge in [0.15, 0.2) is 0 Å². The number of hydrogen-bond donors (Lipinski definition) is 1. The normalized spacial score (nSPS) is 15.0. The zero-order valence-electron chi connectivity index (χ0n) is 12.1. The topological polar surface area (TPSA) is 18.5 Å². The second-order valence-corrected chi connectivity index (χ2v) is 6.09. The first-order valence-electron chi connectivity index (χ1n) is 6.94. The van der Waals surface area contributed by atoms with Gasteiger partial charge in [0.1, 0.15) is 0 Å². The molecule has 0 aromatic heterocycles. The molecule has 0 aliphatic heterocycles. The van der Waals surface area contributed by atoms with Gasteiger partial charge in [-0.25, -0.2) is 0 Å². The van der Waals surface area contributed by atoms with Crippen molar-refractivity contribution in [3.05, 3.63) is 28.8 Å². The summed E-state index contributed by atoms with van der Waals surface area (Å²) in [5.41, 5.74) is 2.57. The van der Waals surface area contributed by atoms with E-state index in [0.717, 1.165) is 30.7 Å². The van der Waals surface area contributed by atoms with Gasteiger partial charge in [0.2, 0.25) is 0 Å². The van der Waals surface area contributed by atoms with Gasteiger partial charge in [0, 0.05) is 43.4 Å². The van der Waals surface area contributed by atoms with Crippen LogP contribution in [0.1, 0.15) is 18.4 Å². The molecule has 1 aliphatic carbocycles. The van der Waals surface area contributed by atoms with Crippen LogP contribution in [-0.2, 0) is 6.54 Å². The maximum absolute atomic E-state index is 6.14. The molecular weight excluding hydrogens is 258 g/mol. The molecule has 1 fully saturated rings. The molecule has 106 valence electrons. The third-order valence-electron chi connectivity index (χ3n) is 3.50. The summed E-state index contributed by atoms with van der Waals surface area (Å²) in [4.78, 5) is 4.49. The van der Waals surface area contributed by atoms with Crippen LogP contribution in [0.2, 0.25) is 5.02 Å². The van der Waals surface area contributed by atoms with E-state index >= 15 is 0 Å². The highest BCUT2D eigenvalue weighted by Gasteiger charge is 2.20. The number of benzene rings is 1. The van der Waals surface area contributed by atoms with Crippen molar-refractivity contribution in [1.82, 2.24) is 10.2 Å². The lowest BCUT2D eigenvalue weighted by atomic mass is 10.1. The van der Waals surface area contributed by atoms with Gasteiger partial charge in [0.25, 0.3) is 0 Å². The summed E-state index contributed by atoms with van der Waals surface area (Å²) in [5, 5.41) is 4.38. The molecule has 0 amide bonds. The zero-order valence-corrected chi connectivity index (χ0v) is 12.9. The minimum Gasteiger partial charge on any atom is -0.373 e. The van der Waals surface area contributed by atoms with Gasteiger partial charge >= 0.3 is 0 Å². The molecule has 1 aliphatic rings. The summed E-state index contributed by atoms with van der Waals surface area (Å²) >= 11 is 6.14. The Bertz CT molecular complexity index is 416. The van der Waals surface area contributed by atoms with Gasteiger partial charge in [-0.05, 0) is 44.6 Å². The lowest BCUT2D eigenvalue weighted by Gasteiger charge is -2.24. The van der Waals surface area contributed by atoms with Gasteiger partial charge in [-0.2, -0.15) is 0 Å². The summed E-state index contributed by atoms with van der Waals surface area (Å²) in [6.45, 7) is 2.98. The molecule has 0 radical (unpaired) electrons. The van der Waals surface area contributed by atoms with Gasteiger partial charge in [-0.3, -0.25) is 0 Å². The highest BCUT2D eigenvalue weighted by molar-refractivity contribution is 6.30. The minimum absolute atomic E-state index is 0.732. The third kappa shape index (κ3) is 4.68. The van der Waals surface area contributed by atoms with Crippen molar-refractivity contribution in [1.29, 1.82) is 0 Å². The Hall–Kier alpha value is -0.770. The van der Waals surface area contributed by atoms with Crippen LogP contribution < -0.4 is 10.2 Å². The van der Waals surface area contributed by atoms with Crippen LogP contribution in [-0.4, -0.2) is 45.2 Å². The van der Waals surface area contributed by atoms with Crippen LogP contribution in [0.4, 0.5) is 5.69 Å². The van der Waals surface area contributed by atoms with Gasteiger partial charge in [0.05, 0.1) is 0 Å². The third-order valence-corrected chi connectivity index (χ3v) is 3.73. The number of nitrogens with one attached hydrogen (secondary N) is 1. The predicted octanol–water partition coefficient (Wildman–Crippen LogP) is 2.59. The highest BCUT2D eigenvalue weighted by atomic mass is 35.5. The first kappa shape index (κ1) is 14.6. The van der Waals surface area contributed by atoms with Crippen molar-refractivity contribution < 1.29 is 0 Å². The Labute approximate surface area is 121 Å². The largest absolute Gasteiger partial charge is 0.373 e. The van der Waals surface area contributed by atoms with Gasteiger partial charge in [-0.1, -0.05) is 17.7 Å². The van der Waals surface area contributed by atoms with Crippen molar-refractivity contribution in [2.75, 3.05) is 39.1 Å². The molecule has 1 aromatic carbocycles. The Morgan fingerprint density at radius 3 is 2.58 bits per heavy atom. The van der Waals surface area contributed by atoms with Gasteiger partial charge < -0.3 is 15.1 Å². The molecule has 1 saturated carbocycles. The summed E-state index contributed by atoms with van der Waals surface area (Å²) in [6.07, 6.45) is 2.64. The smallest absolute Gasteiger partial charge is 0.0426 e. The van der Waals surface area contributed by atoms with E-state index in [4.69, 9.17) is 11.6 Å². The molecular formula is C15H24ClN3. The number of nitrogens with zero attached hydrogens (tertiary/aromatic N) is 2. The Morgan fingerprint density at radius 2 is 1.95 bits per heavy atom. The Balaban J connectivity index is 2.03. The average Bonchev–Trinajstić information content (AvgIpc) is 3.18. The molecule has 0 atom stereocenters. The second kappa shape index (κ2) is 6.60. The van der Waals surface area contributed by atoms with Crippen LogP contribution >= 0.6 is 11.6 Å². The van der Waals surface area contributed by atoms with E-state index in [-0.39, 0.29) is 0 Å². The number of halogens is 1. The fraction of sp³-hybridized carbons (Fsp3) is 0.600. The molecule has 0 bridgehead atoms. The quantitative estimate of drug-likeness (QED) is 0.829. The molecule has 3 nitrogen and oxygen atoms in total. The molecule has 19 heavy (non-hydrogen) atoms. The van der Waals surface area contributed by atoms with E-state index in [9.17, 15) is 0 Å². The first-order valence-corrected chi connectivity index (χ1v) is 7.31. The van der Waals surface area contributed by atoms with Crippen LogP contribution in [0.25, 0.3) is 0 Å². The van der Waals surface area contributed by atoms with E-state index in [1.165, 1.54) is 24.1 Å². The molecule has 2 rings (SSSR count).